The predicted molar refractivity (Wildman–Crippen MR) is 75.2 cm³/mol. The van der Waals surface area contributed by atoms with Crippen LogP contribution in [0.4, 0.5) is 5.69 Å². The van der Waals surface area contributed by atoms with Crippen LogP contribution in [0.15, 0.2) is 24.3 Å². The van der Waals surface area contributed by atoms with Gasteiger partial charge in [0.15, 0.2) is 0 Å². The van der Waals surface area contributed by atoms with Gasteiger partial charge >= 0.3 is 5.97 Å². The fourth-order valence-electron chi connectivity index (χ4n) is 1.98. The van der Waals surface area contributed by atoms with Crippen molar-refractivity contribution in [2.45, 2.75) is 33.6 Å². The SMILES string of the molecule is CCCC(C)C(=O)N(CC(=O)O)c1ccc(C)cc1. The van der Waals surface area contributed by atoms with Crippen LogP contribution in [0.3, 0.4) is 0 Å². The summed E-state index contributed by atoms with van der Waals surface area (Å²) in [5.74, 6) is -1.30. The lowest BCUT2D eigenvalue weighted by Crippen LogP contribution is -2.39. The first kappa shape index (κ1) is 15.2. The van der Waals surface area contributed by atoms with Crippen molar-refractivity contribution in [3.63, 3.8) is 0 Å². The molecule has 1 atom stereocenters. The molecule has 0 bridgehead atoms. The fraction of sp³-hybridized carbons (Fsp3) is 0.467. The second kappa shape index (κ2) is 6.92. The molecule has 1 aromatic carbocycles. The molecule has 104 valence electrons. The number of hydrogen-bond acceptors (Lipinski definition) is 2. The van der Waals surface area contributed by atoms with Crippen molar-refractivity contribution in [2.75, 3.05) is 11.4 Å². The Balaban J connectivity index is 2.97. The second-order valence-corrected chi connectivity index (χ2v) is 4.84. The highest BCUT2D eigenvalue weighted by molar-refractivity contribution is 5.98. The van der Waals surface area contributed by atoms with Gasteiger partial charge in [0.1, 0.15) is 6.54 Å². The molecular weight excluding hydrogens is 242 g/mol. The highest BCUT2D eigenvalue weighted by Gasteiger charge is 2.23. The van der Waals surface area contributed by atoms with Gasteiger partial charge in [0.25, 0.3) is 0 Å². The van der Waals surface area contributed by atoms with Crippen molar-refractivity contribution in [3.8, 4) is 0 Å². The van der Waals surface area contributed by atoms with Crippen LogP contribution in [-0.4, -0.2) is 23.5 Å². The average Bonchev–Trinajstić information content (AvgIpc) is 2.36. The summed E-state index contributed by atoms with van der Waals surface area (Å²) in [5, 5.41) is 8.97. The molecule has 0 heterocycles. The minimum absolute atomic E-state index is 0.131. The van der Waals surface area contributed by atoms with Gasteiger partial charge < -0.3 is 10.0 Å². The third kappa shape index (κ3) is 4.39. The molecule has 0 spiro atoms. The minimum atomic E-state index is -1.00. The Labute approximate surface area is 114 Å². The monoisotopic (exact) mass is 263 g/mol. The number of rotatable bonds is 6. The van der Waals surface area contributed by atoms with Crippen LogP contribution in [0.1, 0.15) is 32.3 Å². The summed E-state index contributed by atoms with van der Waals surface area (Å²) < 4.78 is 0. The molecule has 0 aromatic heterocycles. The molecule has 0 fully saturated rings. The number of carboxylic acids is 1. The number of hydrogen-bond donors (Lipinski definition) is 1. The van der Waals surface area contributed by atoms with E-state index < -0.39 is 5.97 Å². The Morgan fingerprint density at radius 1 is 1.26 bits per heavy atom. The van der Waals surface area contributed by atoms with Gasteiger partial charge in [0, 0.05) is 11.6 Å². The topological polar surface area (TPSA) is 57.6 Å². The Hall–Kier alpha value is -1.84. The zero-order valence-corrected chi connectivity index (χ0v) is 11.7. The molecule has 1 amide bonds. The number of anilines is 1. The van der Waals surface area contributed by atoms with E-state index in [9.17, 15) is 9.59 Å². The Morgan fingerprint density at radius 2 is 1.84 bits per heavy atom. The molecule has 4 heteroatoms. The van der Waals surface area contributed by atoms with Gasteiger partial charge in [-0.05, 0) is 25.5 Å². The summed E-state index contributed by atoms with van der Waals surface area (Å²) >= 11 is 0. The lowest BCUT2D eigenvalue weighted by Gasteiger charge is -2.24. The Kier molecular flexibility index (Phi) is 5.55. The molecule has 0 aliphatic rings. The van der Waals surface area contributed by atoms with Crippen LogP contribution >= 0.6 is 0 Å². The number of aliphatic carboxylic acids is 1. The first-order valence-electron chi connectivity index (χ1n) is 6.55. The molecule has 0 aliphatic heterocycles. The summed E-state index contributed by atoms with van der Waals surface area (Å²) in [7, 11) is 0. The van der Waals surface area contributed by atoms with E-state index in [1.165, 1.54) is 4.90 Å². The first-order chi connectivity index (χ1) is 8.95. The molecule has 0 saturated carbocycles. The summed E-state index contributed by atoms with van der Waals surface area (Å²) in [6.45, 7) is 5.51. The molecule has 1 unspecified atom stereocenters. The van der Waals surface area contributed by atoms with E-state index in [0.717, 1.165) is 18.4 Å². The highest BCUT2D eigenvalue weighted by Crippen LogP contribution is 2.19. The third-order valence-electron chi connectivity index (χ3n) is 3.05. The van der Waals surface area contributed by atoms with Crippen LogP contribution in [0.25, 0.3) is 0 Å². The lowest BCUT2D eigenvalue weighted by molar-refractivity contribution is -0.137. The normalized spacial score (nSPS) is 11.9. The smallest absolute Gasteiger partial charge is 0.323 e. The number of aryl methyl sites for hydroxylation is 1. The van der Waals surface area contributed by atoms with Crippen molar-refractivity contribution in [1.82, 2.24) is 0 Å². The van der Waals surface area contributed by atoms with Gasteiger partial charge in [-0.2, -0.15) is 0 Å². The number of carbonyl (C=O) groups excluding carboxylic acids is 1. The van der Waals surface area contributed by atoms with Crippen LogP contribution in [0.2, 0.25) is 0 Å². The van der Waals surface area contributed by atoms with Gasteiger partial charge in [-0.25, -0.2) is 0 Å². The number of carboxylic acid groups (broad SMARTS) is 1. The molecule has 1 aromatic rings. The lowest BCUT2D eigenvalue weighted by atomic mass is 10.0. The number of amides is 1. The van der Waals surface area contributed by atoms with Crippen molar-refractivity contribution in [3.05, 3.63) is 29.8 Å². The molecule has 1 rings (SSSR count). The van der Waals surface area contributed by atoms with Crippen molar-refractivity contribution >= 4 is 17.6 Å². The Morgan fingerprint density at radius 3 is 2.32 bits per heavy atom. The molecule has 0 aliphatic carbocycles. The average molecular weight is 263 g/mol. The zero-order valence-electron chi connectivity index (χ0n) is 11.7. The minimum Gasteiger partial charge on any atom is -0.480 e. The molecular formula is C15H21NO3. The fourth-order valence-corrected chi connectivity index (χ4v) is 1.98. The van der Waals surface area contributed by atoms with E-state index in [4.69, 9.17) is 5.11 Å². The molecule has 0 saturated heterocycles. The van der Waals surface area contributed by atoms with Gasteiger partial charge in [-0.1, -0.05) is 38.0 Å². The van der Waals surface area contributed by atoms with Crippen molar-refractivity contribution < 1.29 is 14.7 Å². The van der Waals surface area contributed by atoms with E-state index >= 15 is 0 Å². The first-order valence-corrected chi connectivity index (χ1v) is 6.55. The maximum absolute atomic E-state index is 12.3. The number of benzene rings is 1. The van der Waals surface area contributed by atoms with E-state index in [1.54, 1.807) is 12.1 Å². The molecule has 0 radical (unpaired) electrons. The quantitative estimate of drug-likeness (QED) is 0.858. The number of carbonyl (C=O) groups is 2. The summed E-state index contributed by atoms with van der Waals surface area (Å²) in [4.78, 5) is 24.6. The van der Waals surface area contributed by atoms with Crippen molar-refractivity contribution in [1.29, 1.82) is 0 Å². The summed E-state index contributed by atoms with van der Waals surface area (Å²) in [6, 6.07) is 7.33. The largest absolute Gasteiger partial charge is 0.480 e. The third-order valence-corrected chi connectivity index (χ3v) is 3.05. The van der Waals surface area contributed by atoms with Crippen molar-refractivity contribution in [2.24, 2.45) is 5.92 Å². The standard InChI is InChI=1S/C15H21NO3/c1-4-5-12(3)15(19)16(10-14(17)18)13-8-6-11(2)7-9-13/h6-9,12H,4-5,10H2,1-3H3,(H,17,18). The summed E-state index contributed by atoms with van der Waals surface area (Å²) in [6.07, 6.45) is 1.67. The summed E-state index contributed by atoms with van der Waals surface area (Å²) in [5.41, 5.74) is 1.72. The van der Waals surface area contributed by atoms with Gasteiger partial charge in [0.05, 0.1) is 0 Å². The molecule has 1 N–H and O–H groups in total. The predicted octanol–water partition coefficient (Wildman–Crippen LogP) is 2.85. The zero-order chi connectivity index (χ0) is 14.4. The highest BCUT2D eigenvalue weighted by atomic mass is 16.4. The van der Waals surface area contributed by atoms with E-state index in [2.05, 4.69) is 0 Å². The maximum atomic E-state index is 12.3. The van der Waals surface area contributed by atoms with E-state index in [0.29, 0.717) is 5.69 Å². The van der Waals surface area contributed by atoms with Crippen LogP contribution < -0.4 is 4.90 Å². The number of nitrogens with zero attached hydrogens (tertiary/aromatic N) is 1. The van der Waals surface area contributed by atoms with E-state index in [-0.39, 0.29) is 18.4 Å². The van der Waals surface area contributed by atoms with Crippen LogP contribution in [0, 0.1) is 12.8 Å². The van der Waals surface area contributed by atoms with Crippen LogP contribution in [-0.2, 0) is 9.59 Å². The molecule has 4 nitrogen and oxygen atoms in total. The Bertz CT molecular complexity index is 439. The van der Waals surface area contributed by atoms with E-state index in [1.807, 2.05) is 32.9 Å². The van der Waals surface area contributed by atoms with Crippen LogP contribution in [0.5, 0.6) is 0 Å². The second-order valence-electron chi connectivity index (χ2n) is 4.84. The van der Waals surface area contributed by atoms with Gasteiger partial charge in [0.2, 0.25) is 5.91 Å². The maximum Gasteiger partial charge on any atom is 0.323 e. The van der Waals surface area contributed by atoms with Gasteiger partial charge in [-0.3, -0.25) is 9.59 Å². The molecule has 19 heavy (non-hydrogen) atoms. The van der Waals surface area contributed by atoms with Gasteiger partial charge in [-0.15, -0.1) is 0 Å².